The van der Waals surface area contributed by atoms with Gasteiger partial charge in [-0.15, -0.1) is 0 Å². The summed E-state index contributed by atoms with van der Waals surface area (Å²) in [7, 11) is -4.07. The Bertz CT molecular complexity index is 1560. The number of nitrogens with one attached hydrogen (secondary N) is 1. The first-order valence-electron chi connectivity index (χ1n) is 11.3. The van der Waals surface area contributed by atoms with Gasteiger partial charge in [0.1, 0.15) is 11.6 Å². The Morgan fingerprint density at radius 1 is 1.06 bits per heavy atom. The number of halogens is 1. The summed E-state index contributed by atoms with van der Waals surface area (Å²) in [6.07, 6.45) is 1.46. The van der Waals surface area contributed by atoms with Gasteiger partial charge in [-0.3, -0.25) is 0 Å². The summed E-state index contributed by atoms with van der Waals surface area (Å²) in [6.45, 7) is 3.83. The quantitative estimate of drug-likeness (QED) is 0.189. The zero-order valence-electron chi connectivity index (χ0n) is 19.7. The average molecular weight is 526 g/mol. The second-order valence-corrected chi connectivity index (χ2v) is 10.4. The molecule has 0 aliphatic rings. The fraction of sp³-hybridized carbons (Fsp3) is 0.185. The van der Waals surface area contributed by atoms with Crippen LogP contribution in [0.15, 0.2) is 86.9 Å². The lowest BCUT2D eigenvalue weighted by Gasteiger charge is -2.19. The molecule has 0 radical (unpaired) electrons. The molecule has 0 bridgehead atoms. The lowest BCUT2D eigenvalue weighted by molar-refractivity contribution is -0.136. The molecule has 0 spiro atoms. The summed E-state index contributed by atoms with van der Waals surface area (Å²) < 4.78 is 39.4. The van der Waals surface area contributed by atoms with E-state index in [0.717, 1.165) is 17.5 Å². The Morgan fingerprint density at radius 3 is 2.42 bits per heavy atom. The Kier molecular flexibility index (Phi) is 7.59. The highest BCUT2D eigenvalue weighted by Crippen LogP contribution is 2.33. The van der Waals surface area contributed by atoms with Crippen molar-refractivity contribution in [2.24, 2.45) is 0 Å². The van der Waals surface area contributed by atoms with E-state index >= 15 is 0 Å². The van der Waals surface area contributed by atoms with Crippen LogP contribution in [0.4, 0.5) is 0 Å². The van der Waals surface area contributed by atoms with Gasteiger partial charge in [0.2, 0.25) is 10.0 Å². The van der Waals surface area contributed by atoms with Gasteiger partial charge in [0.15, 0.2) is 5.75 Å². The summed E-state index contributed by atoms with van der Waals surface area (Å²) in [6, 6.07) is 17.6. The largest absolute Gasteiger partial charge is 0.423 e. The van der Waals surface area contributed by atoms with Crippen molar-refractivity contribution in [2.75, 3.05) is 0 Å². The number of sulfonamides is 1. The van der Waals surface area contributed by atoms with Crippen molar-refractivity contribution < 1.29 is 22.4 Å². The Hall–Kier alpha value is -3.46. The minimum atomic E-state index is -4.07. The molecule has 3 aromatic carbocycles. The molecule has 4 rings (SSSR count). The van der Waals surface area contributed by atoms with E-state index in [2.05, 4.69) is 4.72 Å². The highest BCUT2D eigenvalue weighted by molar-refractivity contribution is 7.89. The van der Waals surface area contributed by atoms with Crippen molar-refractivity contribution >= 4 is 38.6 Å². The van der Waals surface area contributed by atoms with E-state index in [1.54, 1.807) is 48.5 Å². The van der Waals surface area contributed by atoms with Crippen molar-refractivity contribution in [3.63, 3.8) is 0 Å². The highest BCUT2D eigenvalue weighted by atomic mass is 35.5. The molecule has 9 heteroatoms. The maximum atomic E-state index is 13.3. The fourth-order valence-electron chi connectivity index (χ4n) is 3.79. The molecule has 0 unspecified atom stereocenters. The number of aryl methyl sites for hydroxylation is 2. The number of rotatable bonds is 8. The number of ether oxygens (including phenoxy) is 1. The first-order chi connectivity index (χ1) is 17.2. The van der Waals surface area contributed by atoms with E-state index < -0.39 is 27.7 Å². The lowest BCUT2D eigenvalue weighted by atomic mass is 10.1. The Labute approximate surface area is 213 Å². The first-order valence-corrected chi connectivity index (χ1v) is 13.2. The van der Waals surface area contributed by atoms with E-state index in [-0.39, 0.29) is 21.3 Å². The molecule has 1 atom stereocenters. The summed E-state index contributed by atoms with van der Waals surface area (Å²) in [5, 5.41) is 0.760. The van der Waals surface area contributed by atoms with Gasteiger partial charge in [0, 0.05) is 17.5 Å². The topological polar surface area (TPSA) is 103 Å². The van der Waals surface area contributed by atoms with Gasteiger partial charge in [-0.2, -0.15) is 4.72 Å². The number of hydrogen-bond donors (Lipinski definition) is 1. The molecule has 7 nitrogen and oxygen atoms in total. The predicted molar refractivity (Wildman–Crippen MR) is 138 cm³/mol. The Balaban J connectivity index is 1.70. The summed E-state index contributed by atoms with van der Waals surface area (Å²) in [4.78, 5) is 25.3. The smallest absolute Gasteiger partial charge is 0.336 e. The minimum Gasteiger partial charge on any atom is -0.423 e. The fourth-order valence-corrected chi connectivity index (χ4v) is 5.16. The van der Waals surface area contributed by atoms with Crippen LogP contribution in [0.1, 0.15) is 36.1 Å². The van der Waals surface area contributed by atoms with E-state index in [0.29, 0.717) is 17.4 Å². The molecule has 1 aromatic heterocycles. The average Bonchev–Trinajstić information content (AvgIpc) is 2.84. The summed E-state index contributed by atoms with van der Waals surface area (Å²) >= 11 is 6.42. The first kappa shape index (κ1) is 25.6. The monoisotopic (exact) mass is 525 g/mol. The molecule has 0 saturated heterocycles. The van der Waals surface area contributed by atoms with Crippen LogP contribution < -0.4 is 15.1 Å². The molecule has 0 fully saturated rings. The number of benzene rings is 3. The molecule has 1 N–H and O–H groups in total. The van der Waals surface area contributed by atoms with Gasteiger partial charge in [0.25, 0.3) is 0 Å². The number of carbonyl (C=O) groups is 1. The van der Waals surface area contributed by atoms with Crippen LogP contribution in [0.2, 0.25) is 5.02 Å². The zero-order chi connectivity index (χ0) is 25.9. The van der Waals surface area contributed by atoms with Gasteiger partial charge in [-0.25, -0.2) is 18.0 Å². The molecule has 4 aromatic rings. The normalized spacial score (nSPS) is 12.4. The van der Waals surface area contributed by atoms with Crippen LogP contribution in [-0.4, -0.2) is 14.4 Å². The molecule has 0 amide bonds. The van der Waals surface area contributed by atoms with E-state index in [1.165, 1.54) is 24.3 Å². The summed E-state index contributed by atoms with van der Waals surface area (Å²) in [5.74, 6) is -0.952. The van der Waals surface area contributed by atoms with Crippen molar-refractivity contribution in [3.05, 3.63) is 105 Å². The third-order valence-corrected chi connectivity index (χ3v) is 7.32. The number of esters is 1. The van der Waals surface area contributed by atoms with Crippen molar-refractivity contribution in [1.82, 2.24) is 4.72 Å². The SMILES string of the molecule is CCCc1cc(=O)oc2cc(OC(=O)[C@@H](NS(=O)(=O)c3ccc(C)cc3)c3ccccc3)c(Cl)cc12. The lowest BCUT2D eigenvalue weighted by Crippen LogP contribution is -2.36. The van der Waals surface area contributed by atoms with Gasteiger partial charge >= 0.3 is 11.6 Å². The van der Waals surface area contributed by atoms with Gasteiger partial charge in [-0.1, -0.05) is 73.0 Å². The van der Waals surface area contributed by atoms with Crippen molar-refractivity contribution in [3.8, 4) is 5.75 Å². The van der Waals surface area contributed by atoms with Gasteiger partial charge in [0.05, 0.1) is 9.92 Å². The third kappa shape index (κ3) is 5.67. The number of fused-ring (bicyclic) bond motifs is 1. The van der Waals surface area contributed by atoms with Crippen LogP contribution in [0.3, 0.4) is 0 Å². The van der Waals surface area contributed by atoms with Crippen LogP contribution in [-0.2, 0) is 21.2 Å². The zero-order valence-corrected chi connectivity index (χ0v) is 21.2. The third-order valence-electron chi connectivity index (χ3n) is 5.59. The second-order valence-electron chi connectivity index (χ2n) is 8.32. The molecule has 186 valence electrons. The molecule has 0 aliphatic heterocycles. The highest BCUT2D eigenvalue weighted by Gasteiger charge is 2.29. The molecule has 0 aliphatic carbocycles. The Morgan fingerprint density at radius 2 is 1.75 bits per heavy atom. The van der Waals surface area contributed by atoms with Crippen LogP contribution in [0.25, 0.3) is 11.0 Å². The predicted octanol–water partition coefficient (Wildman–Crippen LogP) is 5.33. The maximum Gasteiger partial charge on any atom is 0.336 e. The van der Waals surface area contributed by atoms with E-state index in [1.807, 2.05) is 13.8 Å². The molecule has 1 heterocycles. The maximum absolute atomic E-state index is 13.3. The molecular formula is C27H24ClNO6S. The summed E-state index contributed by atoms with van der Waals surface area (Å²) in [5.41, 5.74) is 1.74. The number of hydrogen-bond acceptors (Lipinski definition) is 6. The van der Waals surface area contributed by atoms with E-state index in [4.69, 9.17) is 20.8 Å². The van der Waals surface area contributed by atoms with Gasteiger partial charge < -0.3 is 9.15 Å². The van der Waals surface area contributed by atoms with Crippen LogP contribution in [0, 0.1) is 6.92 Å². The number of carbonyl (C=O) groups excluding carboxylic acids is 1. The van der Waals surface area contributed by atoms with Crippen molar-refractivity contribution in [2.45, 2.75) is 37.6 Å². The minimum absolute atomic E-state index is 0.01000. The second kappa shape index (κ2) is 10.7. The molecule has 0 saturated carbocycles. The van der Waals surface area contributed by atoms with Crippen LogP contribution in [0.5, 0.6) is 5.75 Å². The van der Waals surface area contributed by atoms with Gasteiger partial charge in [-0.05, 0) is 42.7 Å². The molecular weight excluding hydrogens is 502 g/mol. The standard InChI is InChI=1S/C27H24ClNO6S/c1-3-7-19-14-25(30)34-23-16-24(22(28)15-21(19)23)35-27(31)26(18-8-5-4-6-9-18)29-36(32,33)20-12-10-17(2)11-13-20/h4-6,8-16,26,29H,3,7H2,1-2H3/t26-/m0/s1. The van der Waals surface area contributed by atoms with E-state index in [9.17, 15) is 18.0 Å². The molecule has 36 heavy (non-hydrogen) atoms. The van der Waals surface area contributed by atoms with Crippen molar-refractivity contribution in [1.29, 1.82) is 0 Å². The van der Waals surface area contributed by atoms with Crippen LogP contribution >= 0.6 is 11.6 Å².